The molecule has 0 aliphatic carbocycles. The summed E-state index contributed by atoms with van der Waals surface area (Å²) in [4.78, 5) is 0. The Kier molecular flexibility index (Phi) is 8.44. The molecule has 12 heavy (non-hydrogen) atoms. The first-order valence-corrected chi connectivity index (χ1v) is 4.79. The summed E-state index contributed by atoms with van der Waals surface area (Å²) in [5.74, 6) is 0. The summed E-state index contributed by atoms with van der Waals surface area (Å²) >= 11 is 4.88. The van der Waals surface area contributed by atoms with E-state index in [1.165, 1.54) is 12.8 Å². The standard InChI is InChI=1S/C8H17FN2S/c1-2-3-4-6-10-8(12)11-7-5-9/h2-7H2,1H3,(H2,10,11,12). The van der Waals surface area contributed by atoms with Crippen LogP contribution in [0.2, 0.25) is 0 Å². The zero-order valence-corrected chi connectivity index (χ0v) is 8.35. The van der Waals surface area contributed by atoms with Crippen molar-refractivity contribution in [2.45, 2.75) is 26.2 Å². The molecule has 4 heteroatoms. The van der Waals surface area contributed by atoms with Gasteiger partial charge in [-0.05, 0) is 18.6 Å². The fourth-order valence-electron chi connectivity index (χ4n) is 0.800. The number of thiocarbonyl (C=S) groups is 1. The summed E-state index contributed by atoms with van der Waals surface area (Å²) in [5.41, 5.74) is 0. The van der Waals surface area contributed by atoms with Gasteiger partial charge in [-0.15, -0.1) is 0 Å². The van der Waals surface area contributed by atoms with Crippen LogP contribution in [-0.2, 0) is 0 Å². The zero-order valence-electron chi connectivity index (χ0n) is 7.53. The van der Waals surface area contributed by atoms with Crippen LogP contribution in [0.25, 0.3) is 0 Å². The summed E-state index contributed by atoms with van der Waals surface area (Å²) < 4.78 is 11.6. The number of nitrogens with one attached hydrogen (secondary N) is 2. The van der Waals surface area contributed by atoms with E-state index in [1.54, 1.807) is 0 Å². The van der Waals surface area contributed by atoms with Crippen molar-refractivity contribution in [1.29, 1.82) is 0 Å². The van der Waals surface area contributed by atoms with Gasteiger partial charge in [0.2, 0.25) is 0 Å². The van der Waals surface area contributed by atoms with Gasteiger partial charge in [0.05, 0.1) is 0 Å². The topological polar surface area (TPSA) is 24.1 Å². The van der Waals surface area contributed by atoms with E-state index in [2.05, 4.69) is 17.6 Å². The van der Waals surface area contributed by atoms with Crippen molar-refractivity contribution in [3.8, 4) is 0 Å². The Morgan fingerprint density at radius 2 is 1.92 bits per heavy atom. The molecule has 0 atom stereocenters. The van der Waals surface area contributed by atoms with Crippen LogP contribution in [-0.4, -0.2) is 24.9 Å². The summed E-state index contributed by atoms with van der Waals surface area (Å²) in [6, 6.07) is 0. The SMILES string of the molecule is CCCCCNC(=S)NCCF. The van der Waals surface area contributed by atoms with Gasteiger partial charge in [0, 0.05) is 13.1 Å². The highest BCUT2D eigenvalue weighted by Gasteiger charge is 1.92. The molecule has 0 aromatic heterocycles. The van der Waals surface area contributed by atoms with Crippen molar-refractivity contribution in [3.63, 3.8) is 0 Å². The van der Waals surface area contributed by atoms with Crippen molar-refractivity contribution < 1.29 is 4.39 Å². The van der Waals surface area contributed by atoms with E-state index in [-0.39, 0.29) is 6.67 Å². The first kappa shape index (κ1) is 11.6. The maximum absolute atomic E-state index is 11.6. The van der Waals surface area contributed by atoms with Crippen molar-refractivity contribution in [1.82, 2.24) is 10.6 Å². The van der Waals surface area contributed by atoms with Crippen LogP contribution in [0.4, 0.5) is 4.39 Å². The van der Waals surface area contributed by atoms with Crippen LogP contribution >= 0.6 is 12.2 Å². The molecule has 0 amide bonds. The van der Waals surface area contributed by atoms with Gasteiger partial charge in [-0.25, -0.2) is 4.39 Å². The van der Waals surface area contributed by atoms with Crippen molar-refractivity contribution in [2.75, 3.05) is 19.8 Å². The highest BCUT2D eigenvalue weighted by molar-refractivity contribution is 7.80. The molecule has 2 N–H and O–H groups in total. The molecule has 0 bridgehead atoms. The van der Waals surface area contributed by atoms with E-state index >= 15 is 0 Å². The molecule has 0 saturated heterocycles. The molecule has 0 heterocycles. The largest absolute Gasteiger partial charge is 0.363 e. The number of rotatable bonds is 6. The van der Waals surface area contributed by atoms with Gasteiger partial charge in [0.25, 0.3) is 0 Å². The highest BCUT2D eigenvalue weighted by Crippen LogP contribution is 1.90. The molecule has 0 radical (unpaired) electrons. The minimum atomic E-state index is -0.378. The fourth-order valence-corrected chi connectivity index (χ4v) is 1.00. The molecule has 72 valence electrons. The van der Waals surface area contributed by atoms with E-state index in [1.807, 2.05) is 0 Å². The first-order chi connectivity index (χ1) is 5.81. The lowest BCUT2D eigenvalue weighted by molar-refractivity contribution is 0.490. The highest BCUT2D eigenvalue weighted by atomic mass is 32.1. The van der Waals surface area contributed by atoms with Gasteiger partial charge in [0.15, 0.2) is 5.11 Å². The third-order valence-corrected chi connectivity index (χ3v) is 1.73. The molecule has 0 saturated carbocycles. The minimum absolute atomic E-state index is 0.305. The van der Waals surface area contributed by atoms with Crippen LogP contribution in [0.1, 0.15) is 26.2 Å². The smallest absolute Gasteiger partial charge is 0.166 e. The predicted molar refractivity (Wildman–Crippen MR) is 54.1 cm³/mol. The lowest BCUT2D eigenvalue weighted by Crippen LogP contribution is -2.36. The van der Waals surface area contributed by atoms with Gasteiger partial charge >= 0.3 is 0 Å². The summed E-state index contributed by atoms with van der Waals surface area (Å²) in [7, 11) is 0. The Balaban J connectivity index is 3.08. The third kappa shape index (κ3) is 7.72. The summed E-state index contributed by atoms with van der Waals surface area (Å²) in [6.45, 7) is 2.96. The van der Waals surface area contributed by atoms with Crippen molar-refractivity contribution in [3.05, 3.63) is 0 Å². The Labute approximate surface area is 78.9 Å². The molecular formula is C8H17FN2S. The molecule has 0 aliphatic heterocycles. The van der Waals surface area contributed by atoms with Gasteiger partial charge in [-0.1, -0.05) is 19.8 Å². The molecular weight excluding hydrogens is 175 g/mol. The molecule has 0 aromatic carbocycles. The fraction of sp³-hybridized carbons (Fsp3) is 0.875. The maximum atomic E-state index is 11.6. The summed E-state index contributed by atoms with van der Waals surface area (Å²) in [6.07, 6.45) is 3.53. The molecule has 0 rings (SSSR count). The average Bonchev–Trinajstić information content (AvgIpc) is 2.09. The second-order valence-electron chi connectivity index (χ2n) is 2.58. The normalized spacial score (nSPS) is 9.50. The number of alkyl halides is 1. The van der Waals surface area contributed by atoms with Crippen LogP contribution in [0.15, 0.2) is 0 Å². The minimum Gasteiger partial charge on any atom is -0.363 e. The van der Waals surface area contributed by atoms with Crippen LogP contribution in [0.5, 0.6) is 0 Å². The second-order valence-corrected chi connectivity index (χ2v) is 2.99. The number of hydrogen-bond acceptors (Lipinski definition) is 1. The van der Waals surface area contributed by atoms with Gasteiger partial charge in [0.1, 0.15) is 6.67 Å². The monoisotopic (exact) mass is 192 g/mol. The second kappa shape index (κ2) is 8.71. The number of halogens is 1. The van der Waals surface area contributed by atoms with Crippen LogP contribution in [0, 0.1) is 0 Å². The Hall–Kier alpha value is -0.380. The average molecular weight is 192 g/mol. The number of hydrogen-bond donors (Lipinski definition) is 2. The molecule has 2 nitrogen and oxygen atoms in total. The molecule has 0 unspecified atom stereocenters. The molecule has 0 fully saturated rings. The van der Waals surface area contributed by atoms with Crippen molar-refractivity contribution in [2.24, 2.45) is 0 Å². The lowest BCUT2D eigenvalue weighted by atomic mass is 10.2. The lowest BCUT2D eigenvalue weighted by Gasteiger charge is -2.07. The Morgan fingerprint density at radius 1 is 1.25 bits per heavy atom. The van der Waals surface area contributed by atoms with E-state index in [9.17, 15) is 4.39 Å². The van der Waals surface area contributed by atoms with Crippen LogP contribution in [0.3, 0.4) is 0 Å². The van der Waals surface area contributed by atoms with E-state index in [0.717, 1.165) is 13.0 Å². The Bertz CT molecular complexity index is 120. The Morgan fingerprint density at radius 3 is 2.50 bits per heavy atom. The van der Waals surface area contributed by atoms with E-state index < -0.39 is 0 Å². The number of unbranched alkanes of at least 4 members (excludes halogenated alkanes) is 2. The van der Waals surface area contributed by atoms with Gasteiger partial charge in [-0.3, -0.25) is 0 Å². The van der Waals surface area contributed by atoms with Crippen LogP contribution < -0.4 is 10.6 Å². The molecule has 0 aromatic rings. The van der Waals surface area contributed by atoms with E-state index in [4.69, 9.17) is 12.2 Å². The molecule has 0 aliphatic rings. The molecule has 0 spiro atoms. The van der Waals surface area contributed by atoms with Crippen molar-refractivity contribution >= 4 is 17.3 Å². The predicted octanol–water partition coefficient (Wildman–Crippen LogP) is 1.61. The maximum Gasteiger partial charge on any atom is 0.166 e. The quantitative estimate of drug-likeness (QED) is 0.494. The third-order valence-electron chi connectivity index (χ3n) is 1.45. The zero-order chi connectivity index (χ0) is 9.23. The van der Waals surface area contributed by atoms with Gasteiger partial charge < -0.3 is 10.6 Å². The van der Waals surface area contributed by atoms with Gasteiger partial charge in [-0.2, -0.15) is 0 Å². The summed E-state index contributed by atoms with van der Waals surface area (Å²) in [5, 5.41) is 6.32. The first-order valence-electron chi connectivity index (χ1n) is 4.39. The van der Waals surface area contributed by atoms with E-state index in [0.29, 0.717) is 11.7 Å².